The molecule has 2 aromatic rings. The van der Waals surface area contributed by atoms with Crippen LogP contribution in [0.4, 0.5) is 5.69 Å². The Bertz CT molecular complexity index is 630. The number of anilines is 1. The van der Waals surface area contributed by atoms with Crippen molar-refractivity contribution in [1.29, 1.82) is 0 Å². The van der Waals surface area contributed by atoms with Gasteiger partial charge in [-0.15, -0.1) is 0 Å². The first-order valence-electron chi connectivity index (χ1n) is 5.31. The molecule has 0 bridgehead atoms. The molecule has 2 rings (SSSR count). The van der Waals surface area contributed by atoms with Gasteiger partial charge in [0.25, 0.3) is 5.91 Å². The molecule has 0 unspecified atom stereocenters. The Morgan fingerprint density at radius 3 is 2.61 bits per heavy atom. The van der Waals surface area contributed by atoms with Gasteiger partial charge < -0.3 is 22.2 Å². The Morgan fingerprint density at radius 2 is 2.00 bits per heavy atom. The highest BCUT2D eigenvalue weighted by molar-refractivity contribution is 6.01. The van der Waals surface area contributed by atoms with Gasteiger partial charge in [-0.05, 0) is 30.2 Å². The number of nitrogen functional groups attached to an aromatic ring is 1. The zero-order chi connectivity index (χ0) is 13.3. The summed E-state index contributed by atoms with van der Waals surface area (Å²) >= 11 is 0. The van der Waals surface area contributed by atoms with Crippen molar-refractivity contribution >= 4 is 28.4 Å². The number of carbonyl (C=O) groups is 2. The van der Waals surface area contributed by atoms with Gasteiger partial charge in [-0.25, -0.2) is 0 Å². The van der Waals surface area contributed by atoms with Crippen molar-refractivity contribution in [3.8, 4) is 0 Å². The predicted molar refractivity (Wildman–Crippen MR) is 68.4 cm³/mol. The molecule has 6 nitrogen and oxygen atoms in total. The van der Waals surface area contributed by atoms with Gasteiger partial charge in [0.05, 0.1) is 6.42 Å². The van der Waals surface area contributed by atoms with Crippen molar-refractivity contribution in [2.45, 2.75) is 6.42 Å². The number of carbonyl (C=O) groups excluding carboxylic acids is 2. The van der Waals surface area contributed by atoms with E-state index in [9.17, 15) is 9.59 Å². The topological polar surface area (TPSA) is 128 Å². The van der Waals surface area contributed by atoms with Crippen LogP contribution in [-0.4, -0.2) is 16.8 Å². The SMILES string of the molecule is NC(=O)[CH]Cc1c(C(N)=O)[nH]c2ccc(N)cc12. The van der Waals surface area contributed by atoms with Gasteiger partial charge in [0, 0.05) is 16.6 Å². The Morgan fingerprint density at radius 1 is 1.28 bits per heavy atom. The highest BCUT2D eigenvalue weighted by Crippen LogP contribution is 2.25. The van der Waals surface area contributed by atoms with E-state index in [0.29, 0.717) is 11.3 Å². The standard InChI is InChI=1S/C12H13N4O2/c13-6-1-3-9-8(5-6)7(2-4-10(14)17)11(16-9)12(15)18/h1,3-5,16H,2,13H2,(H2,14,17)(H2,15,18). The number of hydrogen-bond acceptors (Lipinski definition) is 3. The fourth-order valence-electron chi connectivity index (χ4n) is 1.89. The largest absolute Gasteiger partial charge is 0.399 e. The number of H-pyrrole nitrogens is 1. The third kappa shape index (κ3) is 2.13. The Hall–Kier alpha value is -2.50. The van der Waals surface area contributed by atoms with Crippen LogP contribution in [0.15, 0.2) is 18.2 Å². The predicted octanol–water partition coefficient (Wildman–Crippen LogP) is 0.0811. The van der Waals surface area contributed by atoms with Gasteiger partial charge >= 0.3 is 0 Å². The molecule has 7 N–H and O–H groups in total. The average molecular weight is 245 g/mol. The summed E-state index contributed by atoms with van der Waals surface area (Å²) in [6.07, 6.45) is 1.52. The van der Waals surface area contributed by atoms with Crippen LogP contribution >= 0.6 is 0 Å². The number of amides is 2. The maximum Gasteiger partial charge on any atom is 0.265 e. The normalized spacial score (nSPS) is 10.7. The summed E-state index contributed by atoms with van der Waals surface area (Å²) in [5, 5.41) is 0.765. The summed E-state index contributed by atoms with van der Waals surface area (Å²) < 4.78 is 0. The van der Waals surface area contributed by atoms with Crippen LogP contribution in [0, 0.1) is 6.42 Å². The van der Waals surface area contributed by atoms with Crippen LogP contribution in [0.3, 0.4) is 0 Å². The molecule has 1 radical (unpaired) electrons. The molecule has 93 valence electrons. The fourth-order valence-corrected chi connectivity index (χ4v) is 1.89. The monoisotopic (exact) mass is 245 g/mol. The first-order chi connectivity index (χ1) is 8.49. The van der Waals surface area contributed by atoms with Crippen molar-refractivity contribution in [3.63, 3.8) is 0 Å². The minimum absolute atomic E-state index is 0.233. The molecule has 1 aromatic heterocycles. The van der Waals surface area contributed by atoms with Crippen molar-refractivity contribution in [2.75, 3.05) is 5.73 Å². The van der Waals surface area contributed by atoms with E-state index in [1.54, 1.807) is 18.2 Å². The van der Waals surface area contributed by atoms with Gasteiger partial charge in [-0.3, -0.25) is 9.59 Å². The number of primary amides is 2. The lowest BCUT2D eigenvalue weighted by molar-refractivity contribution is -0.115. The molecule has 2 amide bonds. The summed E-state index contributed by atoms with van der Waals surface area (Å²) in [5.74, 6) is -1.14. The third-order valence-corrected chi connectivity index (χ3v) is 2.68. The molecule has 0 saturated carbocycles. The number of aromatic nitrogens is 1. The first-order valence-corrected chi connectivity index (χ1v) is 5.31. The number of nitrogens with one attached hydrogen (secondary N) is 1. The first kappa shape index (κ1) is 12.0. The maximum atomic E-state index is 11.4. The second-order valence-electron chi connectivity index (χ2n) is 3.96. The van der Waals surface area contributed by atoms with Crippen LogP contribution in [0.2, 0.25) is 0 Å². The highest BCUT2D eigenvalue weighted by Gasteiger charge is 2.16. The van der Waals surface area contributed by atoms with Crippen molar-refractivity contribution in [3.05, 3.63) is 35.9 Å². The molecule has 0 aliphatic carbocycles. The molecule has 0 aliphatic heterocycles. The summed E-state index contributed by atoms with van der Waals surface area (Å²) in [6.45, 7) is 0. The quantitative estimate of drug-likeness (QED) is 0.569. The lowest BCUT2D eigenvalue weighted by Gasteiger charge is -2.00. The van der Waals surface area contributed by atoms with E-state index in [2.05, 4.69) is 4.98 Å². The van der Waals surface area contributed by atoms with E-state index in [4.69, 9.17) is 17.2 Å². The van der Waals surface area contributed by atoms with Gasteiger partial charge in [0.15, 0.2) is 0 Å². The zero-order valence-electron chi connectivity index (χ0n) is 9.57. The molecule has 0 aliphatic rings. The maximum absolute atomic E-state index is 11.4. The Kier molecular flexibility index (Phi) is 2.93. The molecule has 0 fully saturated rings. The molecule has 0 saturated heterocycles. The van der Waals surface area contributed by atoms with E-state index in [0.717, 1.165) is 10.9 Å². The van der Waals surface area contributed by atoms with Crippen LogP contribution in [0.1, 0.15) is 16.1 Å². The van der Waals surface area contributed by atoms with Crippen LogP contribution in [0.5, 0.6) is 0 Å². The van der Waals surface area contributed by atoms with Crippen LogP contribution < -0.4 is 17.2 Å². The number of rotatable bonds is 4. The van der Waals surface area contributed by atoms with E-state index in [-0.39, 0.29) is 12.1 Å². The molecule has 1 aromatic carbocycles. The lowest BCUT2D eigenvalue weighted by atomic mass is 10.0. The summed E-state index contributed by atoms with van der Waals surface area (Å²) in [7, 11) is 0. The molecular formula is C12H13N4O2. The second-order valence-corrected chi connectivity index (χ2v) is 3.96. The van der Waals surface area contributed by atoms with Crippen molar-refractivity contribution < 1.29 is 9.59 Å². The zero-order valence-corrected chi connectivity index (χ0v) is 9.57. The number of benzene rings is 1. The van der Waals surface area contributed by atoms with Gasteiger partial charge in [-0.1, -0.05) is 0 Å². The molecular weight excluding hydrogens is 232 g/mol. The van der Waals surface area contributed by atoms with Crippen LogP contribution in [0.25, 0.3) is 10.9 Å². The molecule has 1 heterocycles. The highest BCUT2D eigenvalue weighted by atomic mass is 16.1. The van der Waals surface area contributed by atoms with Crippen molar-refractivity contribution in [2.24, 2.45) is 11.5 Å². The van der Waals surface area contributed by atoms with Gasteiger partial charge in [-0.2, -0.15) is 0 Å². The fraction of sp³-hybridized carbons (Fsp3) is 0.0833. The lowest BCUT2D eigenvalue weighted by Crippen LogP contribution is -2.16. The third-order valence-electron chi connectivity index (χ3n) is 2.68. The number of fused-ring (bicyclic) bond motifs is 1. The Balaban J connectivity index is 2.57. The van der Waals surface area contributed by atoms with E-state index in [1.807, 2.05) is 0 Å². The van der Waals surface area contributed by atoms with E-state index < -0.39 is 11.8 Å². The molecule has 0 atom stereocenters. The number of aromatic amines is 1. The Labute approximate surface area is 103 Å². The summed E-state index contributed by atoms with van der Waals surface area (Å²) in [6, 6.07) is 5.19. The van der Waals surface area contributed by atoms with Gasteiger partial charge in [0.1, 0.15) is 5.69 Å². The van der Waals surface area contributed by atoms with E-state index >= 15 is 0 Å². The van der Waals surface area contributed by atoms with E-state index in [1.165, 1.54) is 6.42 Å². The minimum Gasteiger partial charge on any atom is -0.399 e. The average Bonchev–Trinajstić information content (AvgIpc) is 2.64. The van der Waals surface area contributed by atoms with Crippen molar-refractivity contribution in [1.82, 2.24) is 4.98 Å². The second kappa shape index (κ2) is 4.40. The number of hydrogen-bond donors (Lipinski definition) is 4. The smallest absolute Gasteiger partial charge is 0.265 e. The number of nitrogens with two attached hydrogens (primary N) is 3. The van der Waals surface area contributed by atoms with Gasteiger partial charge in [0.2, 0.25) is 5.91 Å². The van der Waals surface area contributed by atoms with Crippen LogP contribution in [-0.2, 0) is 11.2 Å². The minimum atomic E-state index is -0.586. The summed E-state index contributed by atoms with van der Waals surface area (Å²) in [4.78, 5) is 25.1. The summed E-state index contributed by atoms with van der Waals surface area (Å²) in [5.41, 5.74) is 18.3. The molecule has 0 spiro atoms. The molecule has 18 heavy (non-hydrogen) atoms. The molecule has 6 heteroatoms.